The van der Waals surface area contributed by atoms with Crippen molar-refractivity contribution in [3.8, 4) is 0 Å². The molecule has 0 fully saturated rings. The Morgan fingerprint density at radius 3 is 2.50 bits per heavy atom. The SMILES string of the molecule is O=C(c1ccc(F)c(F)c1)c1ccc(CO)cn1. The van der Waals surface area contributed by atoms with E-state index in [1.165, 1.54) is 18.3 Å². The number of hydrogen-bond donors (Lipinski definition) is 1. The molecule has 18 heavy (non-hydrogen) atoms. The van der Waals surface area contributed by atoms with Gasteiger partial charge < -0.3 is 5.11 Å². The third-order valence-electron chi connectivity index (χ3n) is 2.42. The van der Waals surface area contributed by atoms with Crippen LogP contribution in [0.4, 0.5) is 8.78 Å². The van der Waals surface area contributed by atoms with Crippen LogP contribution in [0.15, 0.2) is 36.5 Å². The maximum Gasteiger partial charge on any atom is 0.211 e. The van der Waals surface area contributed by atoms with Gasteiger partial charge >= 0.3 is 0 Å². The summed E-state index contributed by atoms with van der Waals surface area (Å²) in [5.74, 6) is -2.58. The Bertz CT molecular complexity index is 582. The molecule has 0 saturated heterocycles. The van der Waals surface area contributed by atoms with Crippen molar-refractivity contribution in [1.82, 2.24) is 4.98 Å². The lowest BCUT2D eigenvalue weighted by atomic mass is 10.1. The quantitative estimate of drug-likeness (QED) is 0.847. The molecule has 0 aliphatic rings. The standard InChI is InChI=1S/C13H9F2NO2/c14-10-3-2-9(5-11(10)15)13(18)12-4-1-8(7-17)6-16-12/h1-6,17H,7H2. The van der Waals surface area contributed by atoms with Crippen LogP contribution in [0.5, 0.6) is 0 Å². The maximum absolute atomic E-state index is 13.0. The highest BCUT2D eigenvalue weighted by atomic mass is 19.2. The molecule has 0 saturated carbocycles. The van der Waals surface area contributed by atoms with Crippen molar-refractivity contribution in [2.45, 2.75) is 6.61 Å². The Kier molecular flexibility index (Phi) is 3.43. The topological polar surface area (TPSA) is 50.2 Å². The molecule has 5 heteroatoms. The number of hydrogen-bond acceptors (Lipinski definition) is 3. The zero-order chi connectivity index (χ0) is 13.1. The van der Waals surface area contributed by atoms with Crippen LogP contribution >= 0.6 is 0 Å². The van der Waals surface area contributed by atoms with E-state index in [9.17, 15) is 13.6 Å². The van der Waals surface area contributed by atoms with Gasteiger partial charge in [0, 0.05) is 11.8 Å². The second-order valence-corrected chi connectivity index (χ2v) is 3.67. The minimum atomic E-state index is -1.08. The summed E-state index contributed by atoms with van der Waals surface area (Å²) in [7, 11) is 0. The molecule has 0 amide bonds. The number of pyridine rings is 1. The average Bonchev–Trinajstić information content (AvgIpc) is 2.41. The lowest BCUT2D eigenvalue weighted by molar-refractivity contribution is 0.103. The van der Waals surface area contributed by atoms with Crippen LogP contribution in [-0.4, -0.2) is 15.9 Å². The molecular formula is C13H9F2NO2. The predicted octanol–water partition coefficient (Wildman–Crippen LogP) is 2.08. The number of rotatable bonds is 3. The molecular weight excluding hydrogens is 240 g/mol. The van der Waals surface area contributed by atoms with Crippen molar-refractivity contribution in [3.63, 3.8) is 0 Å². The summed E-state index contributed by atoms with van der Waals surface area (Å²) in [6, 6.07) is 5.89. The summed E-state index contributed by atoms with van der Waals surface area (Å²) in [4.78, 5) is 15.7. The molecule has 1 N–H and O–H groups in total. The van der Waals surface area contributed by atoms with Gasteiger partial charge in [-0.1, -0.05) is 6.07 Å². The highest BCUT2D eigenvalue weighted by Crippen LogP contribution is 2.12. The lowest BCUT2D eigenvalue weighted by Gasteiger charge is -2.02. The first-order valence-corrected chi connectivity index (χ1v) is 5.17. The molecule has 2 aromatic rings. The van der Waals surface area contributed by atoms with E-state index in [-0.39, 0.29) is 17.9 Å². The average molecular weight is 249 g/mol. The highest BCUT2D eigenvalue weighted by molar-refractivity contribution is 6.07. The van der Waals surface area contributed by atoms with Crippen LogP contribution in [-0.2, 0) is 6.61 Å². The summed E-state index contributed by atoms with van der Waals surface area (Å²) in [5, 5.41) is 8.83. The highest BCUT2D eigenvalue weighted by Gasteiger charge is 2.13. The Labute approximate surface area is 102 Å². The van der Waals surface area contributed by atoms with Crippen molar-refractivity contribution in [1.29, 1.82) is 0 Å². The first kappa shape index (κ1) is 12.3. The molecule has 92 valence electrons. The number of aromatic nitrogens is 1. The third kappa shape index (κ3) is 2.41. The minimum absolute atomic E-state index is 0.0261. The fraction of sp³-hybridized carbons (Fsp3) is 0.0769. The number of halogens is 2. The molecule has 0 spiro atoms. The predicted molar refractivity (Wildman–Crippen MR) is 60.0 cm³/mol. The molecule has 1 aromatic heterocycles. The summed E-state index contributed by atoms with van der Waals surface area (Å²) in [6.45, 7) is -0.174. The Morgan fingerprint density at radius 2 is 1.94 bits per heavy atom. The summed E-state index contributed by atoms with van der Waals surface area (Å²) in [6.07, 6.45) is 1.35. The van der Waals surface area contributed by atoms with Crippen molar-refractivity contribution in [2.75, 3.05) is 0 Å². The lowest BCUT2D eigenvalue weighted by Crippen LogP contribution is -2.05. The first-order chi connectivity index (χ1) is 8.61. The fourth-order valence-electron chi connectivity index (χ4n) is 1.44. The van der Waals surface area contributed by atoms with Gasteiger partial charge in [0.05, 0.1) is 6.61 Å². The van der Waals surface area contributed by atoms with Gasteiger partial charge in [-0.2, -0.15) is 0 Å². The molecule has 0 atom stereocenters. The van der Waals surface area contributed by atoms with E-state index in [0.717, 1.165) is 12.1 Å². The number of benzene rings is 1. The summed E-state index contributed by atoms with van der Waals surface area (Å²) >= 11 is 0. The smallest absolute Gasteiger partial charge is 0.211 e. The normalized spacial score (nSPS) is 10.4. The Balaban J connectivity index is 2.32. The second kappa shape index (κ2) is 5.01. The first-order valence-electron chi connectivity index (χ1n) is 5.17. The number of aliphatic hydroxyl groups excluding tert-OH is 1. The zero-order valence-electron chi connectivity index (χ0n) is 9.23. The van der Waals surface area contributed by atoms with Crippen LogP contribution in [0.25, 0.3) is 0 Å². The van der Waals surface area contributed by atoms with Crippen LogP contribution in [0.1, 0.15) is 21.6 Å². The van der Waals surface area contributed by atoms with E-state index in [0.29, 0.717) is 5.56 Å². The fourth-order valence-corrected chi connectivity index (χ4v) is 1.44. The number of carbonyl (C=O) groups excluding carboxylic acids is 1. The zero-order valence-corrected chi connectivity index (χ0v) is 9.23. The molecule has 1 aromatic carbocycles. The van der Waals surface area contributed by atoms with E-state index in [1.54, 1.807) is 6.07 Å². The van der Waals surface area contributed by atoms with Gasteiger partial charge in [-0.15, -0.1) is 0 Å². The Morgan fingerprint density at radius 1 is 1.17 bits per heavy atom. The van der Waals surface area contributed by atoms with Crippen molar-refractivity contribution in [2.24, 2.45) is 0 Å². The van der Waals surface area contributed by atoms with Crippen LogP contribution in [0.2, 0.25) is 0 Å². The van der Waals surface area contributed by atoms with Crippen LogP contribution < -0.4 is 0 Å². The van der Waals surface area contributed by atoms with E-state index >= 15 is 0 Å². The van der Waals surface area contributed by atoms with Crippen LogP contribution in [0.3, 0.4) is 0 Å². The minimum Gasteiger partial charge on any atom is -0.392 e. The maximum atomic E-state index is 13.0. The van der Waals surface area contributed by atoms with E-state index < -0.39 is 17.4 Å². The molecule has 0 radical (unpaired) electrons. The molecule has 0 unspecified atom stereocenters. The number of nitrogens with zero attached hydrogens (tertiary/aromatic N) is 1. The van der Waals surface area contributed by atoms with Gasteiger partial charge in [0.15, 0.2) is 11.6 Å². The molecule has 0 aliphatic carbocycles. The molecule has 0 bridgehead atoms. The monoisotopic (exact) mass is 249 g/mol. The summed E-state index contributed by atoms with van der Waals surface area (Å²) < 4.78 is 25.7. The van der Waals surface area contributed by atoms with Crippen LogP contribution in [0, 0.1) is 11.6 Å². The molecule has 3 nitrogen and oxygen atoms in total. The van der Waals surface area contributed by atoms with Gasteiger partial charge in [0.25, 0.3) is 0 Å². The molecule has 0 aliphatic heterocycles. The van der Waals surface area contributed by atoms with Gasteiger partial charge in [0.1, 0.15) is 5.69 Å². The molecule has 1 heterocycles. The Hall–Kier alpha value is -2.14. The third-order valence-corrected chi connectivity index (χ3v) is 2.42. The van der Waals surface area contributed by atoms with Gasteiger partial charge in [-0.3, -0.25) is 9.78 Å². The van der Waals surface area contributed by atoms with E-state index in [1.807, 2.05) is 0 Å². The summed E-state index contributed by atoms with van der Waals surface area (Å²) in [5.41, 5.74) is 0.702. The van der Waals surface area contributed by atoms with E-state index in [4.69, 9.17) is 5.11 Å². The number of carbonyl (C=O) groups is 1. The van der Waals surface area contributed by atoms with Gasteiger partial charge in [-0.25, -0.2) is 8.78 Å². The van der Waals surface area contributed by atoms with Crippen molar-refractivity contribution < 1.29 is 18.7 Å². The molecule has 2 rings (SSSR count). The van der Waals surface area contributed by atoms with Gasteiger partial charge in [-0.05, 0) is 29.8 Å². The van der Waals surface area contributed by atoms with E-state index in [2.05, 4.69) is 4.98 Å². The van der Waals surface area contributed by atoms with Gasteiger partial charge in [0.2, 0.25) is 5.78 Å². The largest absolute Gasteiger partial charge is 0.392 e. The number of aliphatic hydroxyl groups is 1. The second-order valence-electron chi connectivity index (χ2n) is 3.67. The van der Waals surface area contributed by atoms with Crippen molar-refractivity contribution in [3.05, 3.63) is 65.0 Å². The van der Waals surface area contributed by atoms with Crippen molar-refractivity contribution >= 4 is 5.78 Å². The number of ketones is 1.